The molecular formula is C10H12N2O3. The summed E-state index contributed by atoms with van der Waals surface area (Å²) in [5, 5.41) is 8.93. The maximum absolute atomic E-state index is 10.9. The Morgan fingerprint density at radius 3 is 2.33 bits per heavy atom. The summed E-state index contributed by atoms with van der Waals surface area (Å²) in [7, 11) is 0. The maximum Gasteiger partial charge on any atom is 0.327 e. The van der Waals surface area contributed by atoms with Gasteiger partial charge in [-0.15, -0.1) is 0 Å². The molecule has 0 heterocycles. The SMILES string of the molecule is CC(=O)NNC(C(=O)O)c1ccccc1. The largest absolute Gasteiger partial charge is 0.480 e. The Morgan fingerprint density at radius 2 is 1.87 bits per heavy atom. The molecule has 0 saturated carbocycles. The van der Waals surface area contributed by atoms with Crippen LogP contribution >= 0.6 is 0 Å². The highest BCUT2D eigenvalue weighted by Gasteiger charge is 2.18. The molecule has 1 aromatic rings. The second kappa shape index (κ2) is 5.11. The molecule has 0 aliphatic rings. The van der Waals surface area contributed by atoms with E-state index < -0.39 is 12.0 Å². The topological polar surface area (TPSA) is 78.4 Å². The molecule has 0 spiro atoms. The van der Waals surface area contributed by atoms with E-state index in [4.69, 9.17) is 5.11 Å². The summed E-state index contributed by atoms with van der Waals surface area (Å²) >= 11 is 0. The minimum Gasteiger partial charge on any atom is -0.480 e. The molecule has 0 fully saturated rings. The molecule has 0 aromatic heterocycles. The quantitative estimate of drug-likeness (QED) is 0.628. The Balaban J connectivity index is 2.75. The standard InChI is InChI=1S/C10H12N2O3/c1-7(13)11-12-9(10(14)15)8-5-3-2-4-6-8/h2-6,9,12H,1H3,(H,11,13)(H,14,15). The Morgan fingerprint density at radius 1 is 1.27 bits per heavy atom. The summed E-state index contributed by atoms with van der Waals surface area (Å²) < 4.78 is 0. The molecule has 5 heteroatoms. The van der Waals surface area contributed by atoms with Crippen LogP contribution in [0.3, 0.4) is 0 Å². The van der Waals surface area contributed by atoms with Crippen LogP contribution in [0.5, 0.6) is 0 Å². The Labute approximate surface area is 87.1 Å². The van der Waals surface area contributed by atoms with Gasteiger partial charge >= 0.3 is 5.97 Å². The van der Waals surface area contributed by atoms with Gasteiger partial charge in [-0.25, -0.2) is 5.43 Å². The Hall–Kier alpha value is -1.88. The fourth-order valence-corrected chi connectivity index (χ4v) is 1.11. The van der Waals surface area contributed by atoms with Gasteiger partial charge in [-0.2, -0.15) is 0 Å². The molecule has 1 unspecified atom stereocenters. The zero-order chi connectivity index (χ0) is 11.3. The van der Waals surface area contributed by atoms with E-state index in [1.54, 1.807) is 30.3 Å². The highest BCUT2D eigenvalue weighted by Crippen LogP contribution is 2.11. The summed E-state index contributed by atoms with van der Waals surface area (Å²) in [6.45, 7) is 1.30. The fourth-order valence-electron chi connectivity index (χ4n) is 1.11. The van der Waals surface area contributed by atoms with E-state index >= 15 is 0 Å². The Kier molecular flexibility index (Phi) is 3.82. The third kappa shape index (κ3) is 3.40. The first-order valence-electron chi connectivity index (χ1n) is 4.41. The maximum atomic E-state index is 10.9. The third-order valence-corrected chi connectivity index (χ3v) is 1.77. The molecule has 1 rings (SSSR count). The van der Waals surface area contributed by atoms with Crippen molar-refractivity contribution in [1.82, 2.24) is 10.9 Å². The molecule has 0 saturated heterocycles. The van der Waals surface area contributed by atoms with E-state index in [1.165, 1.54) is 6.92 Å². The zero-order valence-corrected chi connectivity index (χ0v) is 8.23. The van der Waals surface area contributed by atoms with Gasteiger partial charge in [0.05, 0.1) is 0 Å². The fraction of sp³-hybridized carbons (Fsp3) is 0.200. The molecule has 1 amide bonds. The number of carboxylic acids is 1. The van der Waals surface area contributed by atoms with Crippen LogP contribution in [0.15, 0.2) is 30.3 Å². The molecule has 3 N–H and O–H groups in total. The van der Waals surface area contributed by atoms with Crippen molar-refractivity contribution >= 4 is 11.9 Å². The highest BCUT2D eigenvalue weighted by molar-refractivity contribution is 5.77. The number of amides is 1. The number of rotatable bonds is 4. The van der Waals surface area contributed by atoms with Crippen molar-refractivity contribution in [2.24, 2.45) is 0 Å². The molecule has 5 nitrogen and oxygen atoms in total. The van der Waals surface area contributed by atoms with E-state index in [0.717, 1.165) is 0 Å². The van der Waals surface area contributed by atoms with Crippen LogP contribution in [0.25, 0.3) is 0 Å². The number of aliphatic carboxylic acids is 1. The second-order valence-electron chi connectivity index (χ2n) is 3.01. The third-order valence-electron chi connectivity index (χ3n) is 1.77. The smallest absolute Gasteiger partial charge is 0.327 e. The summed E-state index contributed by atoms with van der Waals surface area (Å²) in [6, 6.07) is 7.68. The van der Waals surface area contributed by atoms with E-state index in [0.29, 0.717) is 5.56 Å². The number of hydrogen-bond donors (Lipinski definition) is 3. The van der Waals surface area contributed by atoms with Crippen LogP contribution in [-0.4, -0.2) is 17.0 Å². The lowest BCUT2D eigenvalue weighted by atomic mass is 10.1. The molecule has 15 heavy (non-hydrogen) atoms. The predicted molar refractivity (Wildman–Crippen MR) is 53.8 cm³/mol. The van der Waals surface area contributed by atoms with E-state index in [1.807, 2.05) is 0 Å². The lowest BCUT2D eigenvalue weighted by molar-refractivity contribution is -0.140. The normalized spacial score (nSPS) is 11.8. The summed E-state index contributed by atoms with van der Waals surface area (Å²) in [5.74, 6) is -1.38. The van der Waals surface area contributed by atoms with Gasteiger partial charge < -0.3 is 5.11 Å². The predicted octanol–water partition coefficient (Wildman–Crippen LogP) is 0.453. The van der Waals surface area contributed by atoms with Gasteiger partial charge in [0, 0.05) is 6.92 Å². The lowest BCUT2D eigenvalue weighted by Gasteiger charge is -2.14. The van der Waals surface area contributed by atoms with Crippen molar-refractivity contribution in [1.29, 1.82) is 0 Å². The molecule has 0 aliphatic heterocycles. The number of carbonyl (C=O) groups excluding carboxylic acids is 1. The van der Waals surface area contributed by atoms with Gasteiger partial charge in [-0.05, 0) is 5.56 Å². The first kappa shape index (κ1) is 11.2. The Bertz CT molecular complexity index is 351. The number of nitrogens with one attached hydrogen (secondary N) is 2. The van der Waals surface area contributed by atoms with E-state index in [-0.39, 0.29) is 5.91 Å². The van der Waals surface area contributed by atoms with Crippen molar-refractivity contribution in [3.8, 4) is 0 Å². The van der Waals surface area contributed by atoms with Gasteiger partial charge in [0.1, 0.15) is 6.04 Å². The van der Waals surface area contributed by atoms with Gasteiger partial charge in [-0.3, -0.25) is 15.0 Å². The van der Waals surface area contributed by atoms with Gasteiger partial charge in [-0.1, -0.05) is 30.3 Å². The van der Waals surface area contributed by atoms with Crippen molar-refractivity contribution in [2.45, 2.75) is 13.0 Å². The first-order chi connectivity index (χ1) is 7.11. The number of hydrogen-bond acceptors (Lipinski definition) is 3. The minimum absolute atomic E-state index is 0.336. The van der Waals surface area contributed by atoms with Crippen molar-refractivity contribution < 1.29 is 14.7 Å². The average molecular weight is 208 g/mol. The zero-order valence-electron chi connectivity index (χ0n) is 8.23. The molecule has 0 aliphatic carbocycles. The van der Waals surface area contributed by atoms with Gasteiger partial charge in [0.25, 0.3) is 0 Å². The number of carbonyl (C=O) groups is 2. The second-order valence-corrected chi connectivity index (χ2v) is 3.01. The van der Waals surface area contributed by atoms with Crippen LogP contribution in [0.2, 0.25) is 0 Å². The molecule has 1 atom stereocenters. The minimum atomic E-state index is -1.05. The van der Waals surface area contributed by atoms with Crippen molar-refractivity contribution in [2.75, 3.05) is 0 Å². The van der Waals surface area contributed by atoms with Crippen LogP contribution in [-0.2, 0) is 9.59 Å². The summed E-state index contributed by atoms with van der Waals surface area (Å²) in [6.07, 6.45) is 0. The molecule has 80 valence electrons. The van der Waals surface area contributed by atoms with Crippen LogP contribution in [0.1, 0.15) is 18.5 Å². The molecule has 1 aromatic carbocycles. The van der Waals surface area contributed by atoms with E-state index in [9.17, 15) is 9.59 Å². The number of hydrazine groups is 1. The molecular weight excluding hydrogens is 196 g/mol. The van der Waals surface area contributed by atoms with Gasteiger partial charge in [0.15, 0.2) is 0 Å². The number of benzene rings is 1. The average Bonchev–Trinajstić information content (AvgIpc) is 2.18. The molecule has 0 bridgehead atoms. The van der Waals surface area contributed by atoms with Crippen molar-refractivity contribution in [3.63, 3.8) is 0 Å². The van der Waals surface area contributed by atoms with Crippen LogP contribution in [0.4, 0.5) is 0 Å². The van der Waals surface area contributed by atoms with Crippen molar-refractivity contribution in [3.05, 3.63) is 35.9 Å². The number of carboxylic acid groups (broad SMARTS) is 1. The van der Waals surface area contributed by atoms with Crippen LogP contribution in [0, 0.1) is 0 Å². The van der Waals surface area contributed by atoms with Crippen LogP contribution < -0.4 is 10.9 Å². The molecule has 0 radical (unpaired) electrons. The first-order valence-corrected chi connectivity index (χ1v) is 4.41. The summed E-state index contributed by atoms with van der Waals surface area (Å²) in [4.78, 5) is 21.5. The highest BCUT2D eigenvalue weighted by atomic mass is 16.4. The monoisotopic (exact) mass is 208 g/mol. The summed E-state index contributed by atoms with van der Waals surface area (Å²) in [5.41, 5.74) is 5.27. The lowest BCUT2D eigenvalue weighted by Crippen LogP contribution is -2.41. The van der Waals surface area contributed by atoms with Gasteiger partial charge in [0.2, 0.25) is 5.91 Å². The van der Waals surface area contributed by atoms with E-state index in [2.05, 4.69) is 10.9 Å².